The molecule has 2 aliphatic heterocycles. The number of carbonyl (C=O) groups is 1. The zero-order valence-corrected chi connectivity index (χ0v) is 16.8. The van der Waals surface area contributed by atoms with Gasteiger partial charge in [-0.25, -0.2) is 15.0 Å². The van der Waals surface area contributed by atoms with E-state index in [2.05, 4.69) is 28.9 Å². The normalized spacial score (nSPS) is 19.6. The van der Waals surface area contributed by atoms with E-state index in [4.69, 9.17) is 9.72 Å². The lowest BCUT2D eigenvalue weighted by Crippen LogP contribution is -2.50. The maximum absolute atomic E-state index is 12.9. The number of ether oxygens (including phenoxy) is 1. The van der Waals surface area contributed by atoms with Crippen LogP contribution in [0.1, 0.15) is 56.6 Å². The molecule has 1 amide bonds. The fourth-order valence-corrected chi connectivity index (χ4v) is 4.17. The Kier molecular flexibility index (Phi) is 5.14. The van der Waals surface area contributed by atoms with Crippen molar-refractivity contribution >= 4 is 5.91 Å². The number of amides is 1. The summed E-state index contributed by atoms with van der Waals surface area (Å²) in [7, 11) is 0. The molecule has 0 N–H and O–H groups in total. The second-order valence-corrected chi connectivity index (χ2v) is 8.19. The molecule has 0 saturated carbocycles. The summed E-state index contributed by atoms with van der Waals surface area (Å²) < 4.78 is 8.00. The van der Waals surface area contributed by atoms with Crippen LogP contribution >= 0.6 is 0 Å². The molecule has 1 atom stereocenters. The van der Waals surface area contributed by atoms with Gasteiger partial charge >= 0.3 is 0 Å². The smallest absolute Gasteiger partial charge is 0.227 e. The van der Waals surface area contributed by atoms with Gasteiger partial charge in [-0.05, 0) is 24.8 Å². The minimum atomic E-state index is -0.383. The molecule has 2 aromatic rings. The second-order valence-electron chi connectivity index (χ2n) is 8.19. The van der Waals surface area contributed by atoms with Crippen molar-refractivity contribution in [1.29, 1.82) is 0 Å². The Morgan fingerprint density at radius 2 is 2.07 bits per heavy atom. The fourth-order valence-electron chi connectivity index (χ4n) is 4.17. The minimum Gasteiger partial charge on any atom is -0.368 e. The summed E-state index contributed by atoms with van der Waals surface area (Å²) in [6.45, 7) is 8.76. The predicted molar refractivity (Wildman–Crippen MR) is 102 cm³/mol. The largest absolute Gasteiger partial charge is 0.368 e. The maximum atomic E-state index is 12.9. The van der Waals surface area contributed by atoms with E-state index in [9.17, 15) is 4.79 Å². The van der Waals surface area contributed by atoms with E-state index >= 15 is 0 Å². The summed E-state index contributed by atoms with van der Waals surface area (Å²) in [5, 5.41) is 4.10. The van der Waals surface area contributed by atoms with E-state index in [0.717, 1.165) is 30.8 Å². The Bertz CT molecular complexity index is 827. The summed E-state index contributed by atoms with van der Waals surface area (Å²) in [4.78, 5) is 28.2. The number of nitrogens with zero attached hydrogens (tertiary/aromatic N) is 6. The van der Waals surface area contributed by atoms with Gasteiger partial charge in [0, 0.05) is 25.2 Å². The van der Waals surface area contributed by atoms with Gasteiger partial charge < -0.3 is 9.64 Å². The van der Waals surface area contributed by atoms with E-state index in [1.54, 1.807) is 11.0 Å². The first-order valence-corrected chi connectivity index (χ1v) is 10.1. The lowest BCUT2D eigenvalue weighted by atomic mass is 9.83. The number of fused-ring (bicyclic) bond motifs is 2. The molecule has 1 fully saturated rings. The molecule has 4 rings (SSSR count). The number of rotatable bonds is 4. The van der Waals surface area contributed by atoms with Gasteiger partial charge in [0.15, 0.2) is 0 Å². The zero-order chi connectivity index (χ0) is 19.7. The van der Waals surface area contributed by atoms with Crippen molar-refractivity contribution in [2.45, 2.75) is 58.1 Å². The summed E-state index contributed by atoms with van der Waals surface area (Å²) in [6.07, 6.45) is 7.51. The molecule has 150 valence electrons. The summed E-state index contributed by atoms with van der Waals surface area (Å²) in [6, 6.07) is 0. The number of carbonyl (C=O) groups excluding carboxylic acids is 1. The highest BCUT2D eigenvalue weighted by atomic mass is 16.5. The van der Waals surface area contributed by atoms with Crippen molar-refractivity contribution in [2.75, 3.05) is 19.7 Å². The van der Waals surface area contributed by atoms with E-state index in [-0.39, 0.29) is 23.3 Å². The Morgan fingerprint density at radius 1 is 1.29 bits per heavy atom. The Hall–Kier alpha value is -2.35. The van der Waals surface area contributed by atoms with Crippen molar-refractivity contribution in [3.63, 3.8) is 0 Å². The number of hydrogen-bond acceptors (Lipinski definition) is 6. The van der Waals surface area contributed by atoms with Gasteiger partial charge in [0.1, 0.15) is 24.1 Å². The van der Waals surface area contributed by atoms with Crippen LogP contribution < -0.4 is 0 Å². The zero-order valence-electron chi connectivity index (χ0n) is 16.8. The van der Waals surface area contributed by atoms with E-state index < -0.39 is 0 Å². The highest BCUT2D eigenvalue weighted by Gasteiger charge is 2.43. The number of hydrogen-bond donors (Lipinski definition) is 0. The molecule has 2 aliphatic rings. The number of piperidine rings is 1. The van der Waals surface area contributed by atoms with Gasteiger partial charge in [-0.15, -0.1) is 0 Å². The average Bonchev–Trinajstić information content (AvgIpc) is 3.21. The summed E-state index contributed by atoms with van der Waals surface area (Å²) in [5.41, 5.74) is 1.85. The van der Waals surface area contributed by atoms with Crippen LogP contribution in [0.2, 0.25) is 0 Å². The molecule has 8 heteroatoms. The first-order valence-electron chi connectivity index (χ1n) is 10.1. The molecule has 0 aromatic carbocycles. The van der Waals surface area contributed by atoms with Crippen LogP contribution in [0.5, 0.6) is 0 Å². The van der Waals surface area contributed by atoms with E-state index in [0.29, 0.717) is 26.2 Å². The van der Waals surface area contributed by atoms with Crippen LogP contribution in [0.4, 0.5) is 0 Å². The monoisotopic (exact) mass is 384 g/mol. The molecule has 2 aromatic heterocycles. The van der Waals surface area contributed by atoms with E-state index in [1.165, 1.54) is 11.9 Å². The third kappa shape index (κ3) is 3.53. The van der Waals surface area contributed by atoms with Gasteiger partial charge in [-0.2, -0.15) is 5.10 Å². The van der Waals surface area contributed by atoms with Gasteiger partial charge in [0.05, 0.1) is 24.8 Å². The molecule has 8 nitrogen and oxygen atoms in total. The average molecular weight is 384 g/mol. The van der Waals surface area contributed by atoms with Gasteiger partial charge in [0.25, 0.3) is 0 Å². The second kappa shape index (κ2) is 7.58. The molecule has 0 bridgehead atoms. The highest BCUT2D eigenvalue weighted by Crippen LogP contribution is 2.40. The lowest BCUT2D eigenvalue weighted by Gasteiger charge is -2.44. The molecule has 0 radical (unpaired) electrons. The molecule has 0 unspecified atom stereocenters. The Labute approximate surface area is 165 Å². The Balaban J connectivity index is 1.47. The van der Waals surface area contributed by atoms with Crippen molar-refractivity contribution in [3.8, 4) is 0 Å². The standard InChI is InChI=1S/C20H28N6O2/c1-14(2)18-22-10-16-4-9-28-20(17(16)24-18)5-7-25(8-6-20)19(27)15(3)11-26-13-21-12-23-26/h10,12-15H,4-9,11H2,1-3H3/t15-/m0/s1. The first-order chi connectivity index (χ1) is 13.5. The van der Waals surface area contributed by atoms with Crippen LogP contribution in [0.25, 0.3) is 0 Å². The SMILES string of the molecule is CC(C)c1ncc2c(n1)C1(CCN(C(=O)[C@@H](C)Cn3cncn3)CC1)OCC2. The van der Waals surface area contributed by atoms with Gasteiger partial charge in [-0.3, -0.25) is 9.48 Å². The fraction of sp³-hybridized carbons (Fsp3) is 0.650. The lowest BCUT2D eigenvalue weighted by molar-refractivity contribution is -0.145. The molecular weight excluding hydrogens is 356 g/mol. The van der Waals surface area contributed by atoms with E-state index in [1.807, 2.05) is 18.0 Å². The van der Waals surface area contributed by atoms with Crippen LogP contribution in [0.3, 0.4) is 0 Å². The molecule has 0 aliphatic carbocycles. The van der Waals surface area contributed by atoms with Crippen molar-refractivity contribution < 1.29 is 9.53 Å². The van der Waals surface area contributed by atoms with Crippen LogP contribution in [-0.4, -0.2) is 55.2 Å². The molecule has 1 spiro atoms. The number of aromatic nitrogens is 5. The molecule has 4 heterocycles. The maximum Gasteiger partial charge on any atom is 0.227 e. The van der Waals surface area contributed by atoms with Crippen molar-refractivity contribution in [3.05, 3.63) is 35.9 Å². The third-order valence-corrected chi connectivity index (χ3v) is 5.81. The van der Waals surface area contributed by atoms with Crippen LogP contribution in [0, 0.1) is 5.92 Å². The van der Waals surface area contributed by atoms with Crippen LogP contribution in [-0.2, 0) is 28.1 Å². The molecule has 1 saturated heterocycles. The predicted octanol–water partition coefficient (Wildman–Crippen LogP) is 1.92. The number of likely N-dealkylation sites (tertiary alicyclic amines) is 1. The minimum absolute atomic E-state index is 0.134. The molecular formula is C20H28N6O2. The van der Waals surface area contributed by atoms with Crippen molar-refractivity contribution in [1.82, 2.24) is 29.6 Å². The Morgan fingerprint density at radius 3 is 2.75 bits per heavy atom. The van der Waals surface area contributed by atoms with Crippen molar-refractivity contribution in [2.24, 2.45) is 5.92 Å². The molecule has 28 heavy (non-hydrogen) atoms. The summed E-state index contributed by atoms with van der Waals surface area (Å²) >= 11 is 0. The topological polar surface area (TPSA) is 86.0 Å². The van der Waals surface area contributed by atoms with Gasteiger partial charge in [0.2, 0.25) is 5.91 Å². The van der Waals surface area contributed by atoms with Gasteiger partial charge in [-0.1, -0.05) is 20.8 Å². The highest BCUT2D eigenvalue weighted by molar-refractivity contribution is 5.78. The van der Waals surface area contributed by atoms with Crippen LogP contribution in [0.15, 0.2) is 18.9 Å². The quantitative estimate of drug-likeness (QED) is 0.800. The first kappa shape index (κ1) is 19.0. The summed E-state index contributed by atoms with van der Waals surface area (Å²) in [5.74, 6) is 1.17. The third-order valence-electron chi connectivity index (χ3n) is 5.81.